The maximum Gasteiger partial charge on any atom is 0.325 e. The molecule has 0 spiro atoms. The lowest BCUT2D eigenvalue weighted by Gasteiger charge is -2.18. The molecule has 152 valence electrons. The Morgan fingerprint density at radius 1 is 1.10 bits per heavy atom. The van der Waals surface area contributed by atoms with Crippen LogP contribution in [0.15, 0.2) is 54.6 Å². The molecule has 4 amide bonds. The predicted molar refractivity (Wildman–Crippen MR) is 115 cm³/mol. The number of thioether (sulfide) groups is 1. The Kier molecular flexibility index (Phi) is 6.93. The lowest BCUT2D eigenvalue weighted by molar-refractivity contribution is -0.132. The van der Waals surface area contributed by atoms with E-state index >= 15 is 0 Å². The number of urea groups is 1. The number of benzene rings is 2. The van der Waals surface area contributed by atoms with Crippen LogP contribution < -0.4 is 10.6 Å². The van der Waals surface area contributed by atoms with Gasteiger partial charge in [0.1, 0.15) is 12.6 Å². The number of imide groups is 1. The van der Waals surface area contributed by atoms with Crippen LogP contribution in [0.2, 0.25) is 0 Å². The Balaban J connectivity index is 1.56. The number of carbonyl (C=O) groups excluding carboxylic acids is 3. The quantitative estimate of drug-likeness (QED) is 0.654. The highest BCUT2D eigenvalue weighted by atomic mass is 32.2. The topological polar surface area (TPSA) is 78.5 Å². The van der Waals surface area contributed by atoms with Crippen molar-refractivity contribution in [2.75, 3.05) is 18.6 Å². The summed E-state index contributed by atoms with van der Waals surface area (Å²) in [6.45, 7) is 1.61. The van der Waals surface area contributed by atoms with E-state index in [1.165, 1.54) is 0 Å². The Morgan fingerprint density at radius 3 is 2.41 bits per heavy atom. The number of carbonyl (C=O) groups is 3. The average Bonchev–Trinajstić information content (AvgIpc) is 3.00. The van der Waals surface area contributed by atoms with E-state index in [9.17, 15) is 14.4 Å². The summed E-state index contributed by atoms with van der Waals surface area (Å²) >= 11 is 1.61. The van der Waals surface area contributed by atoms with Crippen molar-refractivity contribution in [2.24, 2.45) is 0 Å². The van der Waals surface area contributed by atoms with Gasteiger partial charge in [-0.1, -0.05) is 54.6 Å². The first-order chi connectivity index (χ1) is 14.0. The number of nitrogens with zero attached hydrogens (tertiary/aromatic N) is 1. The first-order valence-corrected chi connectivity index (χ1v) is 10.9. The van der Waals surface area contributed by atoms with Gasteiger partial charge in [-0.25, -0.2) is 4.79 Å². The zero-order valence-corrected chi connectivity index (χ0v) is 17.4. The van der Waals surface area contributed by atoms with E-state index in [1.807, 2.05) is 67.8 Å². The van der Waals surface area contributed by atoms with Crippen LogP contribution in [0.5, 0.6) is 0 Å². The van der Waals surface area contributed by atoms with Gasteiger partial charge in [0, 0.05) is 0 Å². The average molecular weight is 412 g/mol. The van der Waals surface area contributed by atoms with Crippen LogP contribution in [0.1, 0.15) is 24.9 Å². The van der Waals surface area contributed by atoms with Crippen molar-refractivity contribution in [3.05, 3.63) is 60.2 Å². The highest BCUT2D eigenvalue weighted by Gasteiger charge is 2.38. The summed E-state index contributed by atoms with van der Waals surface area (Å²) in [5, 5.41) is 5.51. The minimum atomic E-state index is -0.536. The second-order valence-electron chi connectivity index (χ2n) is 6.99. The third kappa shape index (κ3) is 5.17. The molecule has 7 heteroatoms. The summed E-state index contributed by atoms with van der Waals surface area (Å²) in [6, 6.07) is 16.8. The van der Waals surface area contributed by atoms with Gasteiger partial charge in [-0.05, 0) is 42.0 Å². The summed E-state index contributed by atoms with van der Waals surface area (Å²) in [7, 11) is 0. The van der Waals surface area contributed by atoms with Gasteiger partial charge in [0.05, 0.1) is 6.04 Å². The third-order valence-electron chi connectivity index (χ3n) is 4.91. The molecule has 1 heterocycles. The largest absolute Gasteiger partial charge is 0.348 e. The molecule has 2 aromatic rings. The molecule has 0 radical (unpaired) electrons. The van der Waals surface area contributed by atoms with E-state index in [4.69, 9.17) is 0 Å². The van der Waals surface area contributed by atoms with E-state index in [1.54, 1.807) is 11.8 Å². The SMILES string of the molecule is CSCC[C@@H]1NC(=O)N(CC(=O)N[C@@H](C)c2ccc(-c3ccccc3)cc2)C1=O. The minimum Gasteiger partial charge on any atom is -0.348 e. The Labute approximate surface area is 175 Å². The van der Waals surface area contributed by atoms with Crippen LogP contribution in [-0.4, -0.2) is 47.3 Å². The molecule has 0 saturated carbocycles. The van der Waals surface area contributed by atoms with Gasteiger partial charge >= 0.3 is 6.03 Å². The highest BCUT2D eigenvalue weighted by molar-refractivity contribution is 7.98. The Bertz CT molecular complexity index is 871. The van der Waals surface area contributed by atoms with Crippen LogP contribution in [0.3, 0.4) is 0 Å². The van der Waals surface area contributed by atoms with Crippen molar-refractivity contribution in [1.82, 2.24) is 15.5 Å². The van der Waals surface area contributed by atoms with E-state index in [0.29, 0.717) is 6.42 Å². The van der Waals surface area contributed by atoms with Gasteiger partial charge in [0.2, 0.25) is 5.91 Å². The number of amides is 4. The van der Waals surface area contributed by atoms with E-state index in [0.717, 1.165) is 27.3 Å². The monoisotopic (exact) mass is 411 g/mol. The molecule has 0 aromatic heterocycles. The normalized spacial score (nSPS) is 17.2. The lowest BCUT2D eigenvalue weighted by Crippen LogP contribution is -2.41. The molecule has 1 aliphatic heterocycles. The number of hydrogen-bond donors (Lipinski definition) is 2. The van der Waals surface area contributed by atoms with Crippen molar-refractivity contribution in [2.45, 2.75) is 25.4 Å². The number of hydrogen-bond acceptors (Lipinski definition) is 4. The first-order valence-electron chi connectivity index (χ1n) is 9.55. The van der Waals surface area contributed by atoms with Gasteiger partial charge in [-0.15, -0.1) is 0 Å². The van der Waals surface area contributed by atoms with Gasteiger partial charge < -0.3 is 10.6 Å². The summed E-state index contributed by atoms with van der Waals surface area (Å²) in [5.74, 6) is 0.0740. The molecular formula is C22H25N3O3S. The van der Waals surface area contributed by atoms with Crippen molar-refractivity contribution in [3.8, 4) is 11.1 Å². The molecule has 6 nitrogen and oxygen atoms in total. The lowest BCUT2D eigenvalue weighted by atomic mass is 10.0. The second-order valence-corrected chi connectivity index (χ2v) is 7.97. The van der Waals surface area contributed by atoms with Crippen LogP contribution in [0, 0.1) is 0 Å². The number of nitrogens with one attached hydrogen (secondary N) is 2. The fourth-order valence-electron chi connectivity index (χ4n) is 3.27. The van der Waals surface area contributed by atoms with Crippen molar-refractivity contribution in [3.63, 3.8) is 0 Å². The highest BCUT2D eigenvalue weighted by Crippen LogP contribution is 2.22. The summed E-state index contributed by atoms with van der Waals surface area (Å²) < 4.78 is 0. The maximum atomic E-state index is 12.4. The molecule has 0 unspecified atom stereocenters. The Morgan fingerprint density at radius 2 is 1.76 bits per heavy atom. The maximum absolute atomic E-state index is 12.4. The third-order valence-corrected chi connectivity index (χ3v) is 5.56. The standard InChI is InChI=1S/C22H25N3O3S/c1-15(16-8-10-18(11-9-16)17-6-4-3-5-7-17)23-20(26)14-25-21(27)19(12-13-29-2)24-22(25)28/h3-11,15,19H,12-14H2,1-2H3,(H,23,26)(H,24,28)/t15-,19-/m0/s1. The van der Waals surface area contributed by atoms with Gasteiger partial charge in [-0.3, -0.25) is 14.5 Å². The molecule has 1 fully saturated rings. The minimum absolute atomic E-state index is 0.236. The Hall–Kier alpha value is -2.80. The summed E-state index contributed by atoms with van der Waals surface area (Å²) in [4.78, 5) is 37.8. The van der Waals surface area contributed by atoms with Crippen LogP contribution in [-0.2, 0) is 9.59 Å². The number of rotatable bonds is 8. The van der Waals surface area contributed by atoms with Crippen molar-refractivity contribution in [1.29, 1.82) is 0 Å². The summed E-state index contributed by atoms with van der Waals surface area (Å²) in [5.41, 5.74) is 3.18. The summed E-state index contributed by atoms with van der Waals surface area (Å²) in [6.07, 6.45) is 2.51. The molecule has 29 heavy (non-hydrogen) atoms. The van der Waals surface area contributed by atoms with E-state index in [-0.39, 0.29) is 24.4 Å². The van der Waals surface area contributed by atoms with Crippen LogP contribution in [0.4, 0.5) is 4.79 Å². The van der Waals surface area contributed by atoms with E-state index < -0.39 is 12.1 Å². The molecule has 1 saturated heterocycles. The van der Waals surface area contributed by atoms with Crippen molar-refractivity contribution >= 4 is 29.6 Å². The molecule has 0 bridgehead atoms. The smallest absolute Gasteiger partial charge is 0.325 e. The molecule has 2 atom stereocenters. The molecule has 3 rings (SSSR count). The molecule has 2 N–H and O–H groups in total. The molecule has 0 aliphatic carbocycles. The zero-order valence-electron chi connectivity index (χ0n) is 16.6. The first kappa shape index (κ1) is 20.9. The zero-order chi connectivity index (χ0) is 20.8. The van der Waals surface area contributed by atoms with Gasteiger partial charge in [0.15, 0.2) is 0 Å². The van der Waals surface area contributed by atoms with E-state index in [2.05, 4.69) is 10.6 Å². The van der Waals surface area contributed by atoms with Gasteiger partial charge in [-0.2, -0.15) is 11.8 Å². The van der Waals surface area contributed by atoms with Gasteiger partial charge in [0.25, 0.3) is 5.91 Å². The molecule has 1 aliphatic rings. The van der Waals surface area contributed by atoms with Crippen LogP contribution in [0.25, 0.3) is 11.1 Å². The fourth-order valence-corrected chi connectivity index (χ4v) is 3.74. The van der Waals surface area contributed by atoms with Crippen molar-refractivity contribution < 1.29 is 14.4 Å². The molecule has 2 aromatic carbocycles. The molecular weight excluding hydrogens is 386 g/mol. The van der Waals surface area contributed by atoms with Crippen LogP contribution >= 0.6 is 11.8 Å². The predicted octanol–water partition coefficient (Wildman–Crippen LogP) is 3.20. The second kappa shape index (κ2) is 9.60. The fraction of sp³-hybridized carbons (Fsp3) is 0.318.